The summed E-state index contributed by atoms with van der Waals surface area (Å²) in [6.45, 7) is 1.66. The van der Waals surface area contributed by atoms with Gasteiger partial charge in [0, 0.05) is 11.8 Å². The van der Waals surface area contributed by atoms with Crippen molar-refractivity contribution in [2.75, 3.05) is 6.67 Å². The van der Waals surface area contributed by atoms with Crippen molar-refractivity contribution in [1.82, 2.24) is 9.55 Å². The number of rotatable bonds is 2. The number of aromatic amines is 1. The molecule has 1 aliphatic heterocycles. The molecule has 23 heavy (non-hydrogen) atoms. The van der Waals surface area contributed by atoms with Crippen molar-refractivity contribution in [3.63, 3.8) is 0 Å². The van der Waals surface area contributed by atoms with Gasteiger partial charge in [-0.25, -0.2) is 9.18 Å². The lowest BCUT2D eigenvalue weighted by Crippen LogP contribution is -2.49. The first-order chi connectivity index (χ1) is 10.7. The van der Waals surface area contributed by atoms with Gasteiger partial charge in [-0.15, -0.1) is 0 Å². The number of aromatic nitrogens is 2. The predicted molar refractivity (Wildman–Crippen MR) is 76.4 cm³/mol. The first-order valence-electron chi connectivity index (χ1n) is 6.84. The Bertz CT molecular complexity index is 761. The van der Waals surface area contributed by atoms with Crippen LogP contribution in [0.3, 0.4) is 0 Å². The van der Waals surface area contributed by atoms with Crippen molar-refractivity contribution in [3.05, 3.63) is 32.6 Å². The van der Waals surface area contributed by atoms with E-state index < -0.39 is 48.1 Å². The van der Waals surface area contributed by atoms with Gasteiger partial charge >= 0.3 is 5.69 Å². The topological polar surface area (TPSA) is 125 Å². The molecule has 1 aliphatic rings. The molecule has 0 spiro atoms. The second-order valence-electron chi connectivity index (χ2n) is 5.35. The lowest BCUT2D eigenvalue weighted by Gasteiger charge is -2.27. The Kier molecular flexibility index (Phi) is 4.72. The summed E-state index contributed by atoms with van der Waals surface area (Å²) >= 11 is 0. The third-order valence-electron chi connectivity index (χ3n) is 3.66. The van der Waals surface area contributed by atoms with E-state index in [4.69, 9.17) is 4.74 Å². The lowest BCUT2D eigenvalue weighted by atomic mass is 9.92. The maximum absolute atomic E-state index is 12.4. The van der Waals surface area contributed by atoms with Crippen molar-refractivity contribution >= 4 is 0 Å². The fourth-order valence-corrected chi connectivity index (χ4v) is 2.58. The molecule has 8 nitrogen and oxygen atoms in total. The third kappa shape index (κ3) is 2.94. The molecule has 0 saturated carbocycles. The Balaban J connectivity index is 2.63. The van der Waals surface area contributed by atoms with Crippen LogP contribution in [0.1, 0.15) is 18.8 Å². The first kappa shape index (κ1) is 17.4. The van der Waals surface area contributed by atoms with Gasteiger partial charge in [-0.05, 0) is 13.8 Å². The molecule has 1 saturated heterocycles. The van der Waals surface area contributed by atoms with Gasteiger partial charge in [0.2, 0.25) is 0 Å². The Morgan fingerprint density at radius 3 is 2.74 bits per heavy atom. The van der Waals surface area contributed by atoms with Crippen LogP contribution in [0.15, 0.2) is 15.7 Å². The van der Waals surface area contributed by atoms with E-state index in [-0.39, 0.29) is 5.69 Å². The van der Waals surface area contributed by atoms with Crippen LogP contribution in [0.2, 0.25) is 0 Å². The molecule has 1 aromatic heterocycles. The SMILES string of the molecule is Cc1cc(=O)[nH]c(=O)n1[C@@H]1OC([C@H](C)O)[C@H](O)C1(O)C#CCF. The van der Waals surface area contributed by atoms with Crippen LogP contribution in [0.5, 0.6) is 0 Å². The van der Waals surface area contributed by atoms with Crippen molar-refractivity contribution in [3.8, 4) is 11.8 Å². The summed E-state index contributed by atoms with van der Waals surface area (Å²) < 4.78 is 18.7. The number of ether oxygens (including phenoxy) is 1. The molecular weight excluding hydrogens is 311 g/mol. The zero-order chi connectivity index (χ0) is 17.4. The maximum Gasteiger partial charge on any atom is 0.330 e. The second-order valence-corrected chi connectivity index (χ2v) is 5.35. The van der Waals surface area contributed by atoms with E-state index in [0.29, 0.717) is 0 Å². The minimum Gasteiger partial charge on any atom is -0.391 e. The van der Waals surface area contributed by atoms with Gasteiger partial charge in [0.15, 0.2) is 11.8 Å². The van der Waals surface area contributed by atoms with Crippen LogP contribution in [0, 0.1) is 18.8 Å². The second kappa shape index (κ2) is 6.25. The molecule has 2 heterocycles. The summed E-state index contributed by atoms with van der Waals surface area (Å²) in [5.41, 5.74) is -3.73. The minimum absolute atomic E-state index is 0.141. The van der Waals surface area contributed by atoms with Gasteiger partial charge in [0.25, 0.3) is 5.56 Å². The van der Waals surface area contributed by atoms with Crippen molar-refractivity contribution < 1.29 is 24.4 Å². The van der Waals surface area contributed by atoms with E-state index in [1.165, 1.54) is 13.8 Å². The highest BCUT2D eigenvalue weighted by Gasteiger charge is 2.57. The van der Waals surface area contributed by atoms with Crippen LogP contribution >= 0.6 is 0 Å². The summed E-state index contributed by atoms with van der Waals surface area (Å²) in [6.07, 6.45) is -5.66. The highest BCUT2D eigenvalue weighted by Crippen LogP contribution is 2.39. The molecule has 0 amide bonds. The molecular formula is C14H17FN2O6. The molecule has 0 aromatic carbocycles. The van der Waals surface area contributed by atoms with Crippen LogP contribution < -0.4 is 11.2 Å². The molecule has 2 rings (SSSR count). The number of hydrogen-bond donors (Lipinski definition) is 4. The molecule has 126 valence electrons. The van der Waals surface area contributed by atoms with Crippen LogP contribution in [-0.2, 0) is 4.74 Å². The van der Waals surface area contributed by atoms with Crippen LogP contribution in [0.4, 0.5) is 4.39 Å². The summed E-state index contributed by atoms with van der Waals surface area (Å²) in [5.74, 6) is 4.15. The summed E-state index contributed by atoms with van der Waals surface area (Å²) in [4.78, 5) is 25.4. The van der Waals surface area contributed by atoms with Crippen molar-refractivity contribution in [2.24, 2.45) is 0 Å². The molecule has 0 bridgehead atoms. The van der Waals surface area contributed by atoms with Gasteiger partial charge in [0.1, 0.15) is 18.9 Å². The van der Waals surface area contributed by atoms with Crippen LogP contribution in [-0.4, -0.2) is 55.5 Å². The number of nitrogens with zero attached hydrogens (tertiary/aromatic N) is 1. The van der Waals surface area contributed by atoms with Gasteiger partial charge < -0.3 is 20.1 Å². The van der Waals surface area contributed by atoms with E-state index in [9.17, 15) is 29.3 Å². The van der Waals surface area contributed by atoms with E-state index in [1.807, 2.05) is 10.9 Å². The zero-order valence-corrected chi connectivity index (χ0v) is 12.5. The summed E-state index contributed by atoms with van der Waals surface area (Å²) in [5, 5.41) is 30.6. The van der Waals surface area contributed by atoms with Gasteiger partial charge in [-0.3, -0.25) is 14.3 Å². The number of nitrogens with one attached hydrogen (secondary N) is 1. The number of H-pyrrole nitrogens is 1. The fourth-order valence-electron chi connectivity index (χ4n) is 2.58. The van der Waals surface area contributed by atoms with E-state index in [2.05, 4.69) is 5.92 Å². The standard InChI is InChI=1S/C14H17FN2O6/c1-7-6-9(19)16-13(21)17(7)12-14(22,4-3-5-15)11(20)10(23-12)8(2)18/h6,8,10-12,18,20,22H,5H2,1-2H3,(H,16,19,21)/t8-,10?,11-,12+,14?/m0/s1. The van der Waals surface area contributed by atoms with Crippen molar-refractivity contribution in [2.45, 2.75) is 44.0 Å². The number of halogens is 1. The minimum atomic E-state index is -2.33. The van der Waals surface area contributed by atoms with Gasteiger partial charge in [-0.2, -0.15) is 0 Å². The number of hydrogen-bond acceptors (Lipinski definition) is 6. The van der Waals surface area contributed by atoms with Crippen LogP contribution in [0.25, 0.3) is 0 Å². The van der Waals surface area contributed by atoms with E-state index >= 15 is 0 Å². The molecule has 9 heteroatoms. The van der Waals surface area contributed by atoms with E-state index in [0.717, 1.165) is 10.6 Å². The fraction of sp³-hybridized carbons (Fsp3) is 0.571. The zero-order valence-electron chi connectivity index (χ0n) is 12.5. The summed E-state index contributed by atoms with van der Waals surface area (Å²) in [7, 11) is 0. The molecule has 5 atom stereocenters. The molecule has 2 unspecified atom stereocenters. The lowest BCUT2D eigenvalue weighted by molar-refractivity contribution is -0.0892. The normalized spacial score (nSPS) is 31.5. The number of aryl methyl sites for hydroxylation is 1. The number of aliphatic hydroxyl groups excluding tert-OH is 2. The Morgan fingerprint density at radius 1 is 1.57 bits per heavy atom. The maximum atomic E-state index is 12.4. The Hall–Kier alpha value is -1.99. The number of aliphatic hydroxyl groups is 3. The quantitative estimate of drug-likeness (QED) is 0.474. The Labute approximate surface area is 130 Å². The van der Waals surface area contributed by atoms with Crippen molar-refractivity contribution in [1.29, 1.82) is 0 Å². The molecule has 1 fully saturated rings. The molecule has 1 aromatic rings. The average Bonchev–Trinajstić information content (AvgIpc) is 2.70. The Morgan fingerprint density at radius 2 is 2.22 bits per heavy atom. The third-order valence-corrected chi connectivity index (χ3v) is 3.66. The summed E-state index contributed by atoms with van der Waals surface area (Å²) in [6, 6.07) is 1.09. The highest BCUT2D eigenvalue weighted by atomic mass is 19.1. The van der Waals surface area contributed by atoms with Gasteiger partial charge in [-0.1, -0.05) is 11.8 Å². The smallest absolute Gasteiger partial charge is 0.330 e. The first-order valence-corrected chi connectivity index (χ1v) is 6.84. The monoisotopic (exact) mass is 328 g/mol. The molecule has 4 N–H and O–H groups in total. The van der Waals surface area contributed by atoms with Gasteiger partial charge in [0.05, 0.1) is 6.10 Å². The van der Waals surface area contributed by atoms with E-state index in [1.54, 1.807) is 0 Å². The highest BCUT2D eigenvalue weighted by molar-refractivity contribution is 5.24. The average molecular weight is 328 g/mol. The largest absolute Gasteiger partial charge is 0.391 e. The molecule has 0 aliphatic carbocycles. The molecule has 0 radical (unpaired) electrons. The number of alkyl halides is 1. The predicted octanol–water partition coefficient (Wildman–Crippen LogP) is -1.81.